The van der Waals surface area contributed by atoms with Gasteiger partial charge in [-0.1, -0.05) is 18.2 Å². The minimum atomic E-state index is 0.0175. The van der Waals surface area contributed by atoms with Crippen LogP contribution in [0.1, 0.15) is 18.9 Å². The van der Waals surface area contributed by atoms with Crippen LogP contribution < -0.4 is 21.7 Å². The molecule has 6 nitrogen and oxygen atoms in total. The summed E-state index contributed by atoms with van der Waals surface area (Å²) in [6.07, 6.45) is 3.71. The number of nitrogens with two attached hydrogens (primary N) is 1. The van der Waals surface area contributed by atoms with Crippen molar-refractivity contribution >= 4 is 40.4 Å². The maximum absolute atomic E-state index is 11.9. The van der Waals surface area contributed by atoms with Crippen molar-refractivity contribution in [3.8, 4) is 0 Å². The van der Waals surface area contributed by atoms with E-state index < -0.39 is 0 Å². The molecule has 0 unspecified atom stereocenters. The Hall–Kier alpha value is -3.28. The van der Waals surface area contributed by atoms with Gasteiger partial charge in [-0.2, -0.15) is 0 Å². The highest BCUT2D eigenvalue weighted by molar-refractivity contribution is 6.09. The maximum Gasteiger partial charge on any atom is 0.226 e. The number of rotatable bonds is 4. The predicted octanol–water partition coefficient (Wildman–Crippen LogP) is 3.57. The molecule has 1 heterocycles. The number of para-hydroxylation sites is 1. The number of amides is 1. The van der Waals surface area contributed by atoms with E-state index in [-0.39, 0.29) is 11.9 Å². The number of nitrogens with zero attached hydrogens (tertiary/aromatic N) is 1. The SMILES string of the molecule is CN=C/C(=C\N)c1ccc(Nc2cccc3c2N[C@H](C)CC(=O)N3)cc1. The van der Waals surface area contributed by atoms with Crippen molar-refractivity contribution in [3.63, 3.8) is 0 Å². The Morgan fingerprint density at radius 1 is 1.27 bits per heavy atom. The van der Waals surface area contributed by atoms with E-state index >= 15 is 0 Å². The van der Waals surface area contributed by atoms with Crippen LogP contribution >= 0.6 is 0 Å². The van der Waals surface area contributed by atoms with Gasteiger partial charge in [-0.15, -0.1) is 0 Å². The molecule has 1 amide bonds. The number of hydrogen-bond donors (Lipinski definition) is 4. The molecule has 1 aliphatic rings. The van der Waals surface area contributed by atoms with Crippen molar-refractivity contribution in [2.24, 2.45) is 10.7 Å². The normalized spacial score (nSPS) is 17.2. The topological polar surface area (TPSA) is 91.5 Å². The Morgan fingerprint density at radius 2 is 2.04 bits per heavy atom. The van der Waals surface area contributed by atoms with Gasteiger partial charge in [0.1, 0.15) is 0 Å². The summed E-state index contributed by atoms with van der Waals surface area (Å²) in [6, 6.07) is 13.8. The van der Waals surface area contributed by atoms with E-state index in [1.807, 2.05) is 49.4 Å². The molecule has 0 saturated heterocycles. The van der Waals surface area contributed by atoms with Crippen LogP contribution in [0.4, 0.5) is 22.7 Å². The van der Waals surface area contributed by atoms with Crippen LogP contribution in [0.3, 0.4) is 0 Å². The van der Waals surface area contributed by atoms with Crippen LogP contribution in [0.5, 0.6) is 0 Å². The number of nitrogens with one attached hydrogen (secondary N) is 3. The number of carbonyl (C=O) groups is 1. The summed E-state index contributed by atoms with van der Waals surface area (Å²) in [5.74, 6) is 0.0175. The van der Waals surface area contributed by atoms with Crippen molar-refractivity contribution in [3.05, 3.63) is 54.2 Å². The first-order valence-corrected chi connectivity index (χ1v) is 8.51. The minimum absolute atomic E-state index is 0.0175. The lowest BCUT2D eigenvalue weighted by Crippen LogP contribution is -2.19. The second-order valence-electron chi connectivity index (χ2n) is 6.24. The first kappa shape index (κ1) is 17.5. The molecule has 5 N–H and O–H groups in total. The fraction of sp³-hybridized carbons (Fsp3) is 0.200. The van der Waals surface area contributed by atoms with Gasteiger partial charge in [0.05, 0.1) is 17.1 Å². The lowest BCUT2D eigenvalue weighted by molar-refractivity contribution is -0.116. The molecule has 0 aromatic heterocycles. The van der Waals surface area contributed by atoms with Crippen molar-refractivity contribution in [2.45, 2.75) is 19.4 Å². The highest BCUT2D eigenvalue weighted by Crippen LogP contribution is 2.35. The third-order valence-corrected chi connectivity index (χ3v) is 4.17. The molecule has 0 aliphatic carbocycles. The molecule has 2 aromatic rings. The number of benzene rings is 2. The van der Waals surface area contributed by atoms with Gasteiger partial charge in [0.2, 0.25) is 5.91 Å². The van der Waals surface area contributed by atoms with E-state index in [4.69, 9.17) is 5.73 Å². The van der Waals surface area contributed by atoms with E-state index in [2.05, 4.69) is 20.9 Å². The van der Waals surface area contributed by atoms with Crippen LogP contribution in [-0.4, -0.2) is 25.2 Å². The zero-order chi connectivity index (χ0) is 18.5. The fourth-order valence-electron chi connectivity index (χ4n) is 2.95. The second-order valence-corrected chi connectivity index (χ2v) is 6.24. The molecule has 0 bridgehead atoms. The highest BCUT2D eigenvalue weighted by atomic mass is 16.1. The van der Waals surface area contributed by atoms with Crippen LogP contribution in [0, 0.1) is 0 Å². The number of anilines is 4. The molecule has 0 spiro atoms. The molecular formula is C20H23N5O. The third kappa shape index (κ3) is 3.85. The second kappa shape index (κ2) is 7.74. The van der Waals surface area contributed by atoms with Crippen molar-refractivity contribution in [1.82, 2.24) is 0 Å². The molecule has 0 fully saturated rings. The molecule has 1 atom stereocenters. The van der Waals surface area contributed by atoms with Crippen LogP contribution in [0.15, 0.2) is 53.7 Å². The van der Waals surface area contributed by atoms with E-state index in [1.165, 1.54) is 0 Å². The molecule has 6 heteroatoms. The van der Waals surface area contributed by atoms with Gasteiger partial charge in [0.15, 0.2) is 0 Å². The Morgan fingerprint density at radius 3 is 2.73 bits per heavy atom. The number of carbonyl (C=O) groups excluding carboxylic acids is 1. The smallest absolute Gasteiger partial charge is 0.226 e. The van der Waals surface area contributed by atoms with E-state index in [1.54, 1.807) is 19.5 Å². The third-order valence-electron chi connectivity index (χ3n) is 4.17. The van der Waals surface area contributed by atoms with Gasteiger partial charge in [-0.25, -0.2) is 0 Å². The average molecular weight is 349 g/mol. The molecule has 134 valence electrons. The van der Waals surface area contributed by atoms with Crippen LogP contribution in [0.2, 0.25) is 0 Å². The summed E-state index contributed by atoms with van der Waals surface area (Å²) in [4.78, 5) is 15.9. The van der Waals surface area contributed by atoms with Crippen molar-refractivity contribution < 1.29 is 4.79 Å². The highest BCUT2D eigenvalue weighted by Gasteiger charge is 2.19. The standard InChI is InChI=1S/C20H23N5O/c1-13-10-19(26)25-18-5-3-4-17(20(18)23-13)24-16-8-6-14(7-9-16)15(11-21)12-22-2/h3-9,11-13,23-24H,10,21H2,1-2H3,(H,25,26)/b15-11+,22-12?/t13-/m1/s1. The van der Waals surface area contributed by atoms with Crippen molar-refractivity contribution in [2.75, 3.05) is 23.0 Å². The first-order chi connectivity index (χ1) is 12.6. The molecule has 0 saturated carbocycles. The molecule has 0 radical (unpaired) electrons. The number of allylic oxidation sites excluding steroid dienone is 1. The zero-order valence-corrected chi connectivity index (χ0v) is 14.9. The summed E-state index contributed by atoms with van der Waals surface area (Å²) >= 11 is 0. The lowest BCUT2D eigenvalue weighted by Gasteiger charge is -2.17. The average Bonchev–Trinajstić information content (AvgIpc) is 2.77. The summed E-state index contributed by atoms with van der Waals surface area (Å²) in [5.41, 5.74) is 11.1. The molecule has 26 heavy (non-hydrogen) atoms. The van der Waals surface area contributed by atoms with E-state index in [0.29, 0.717) is 6.42 Å². The molecule has 3 rings (SSSR count). The van der Waals surface area contributed by atoms with Gasteiger partial charge in [0, 0.05) is 43.2 Å². The summed E-state index contributed by atoms with van der Waals surface area (Å²) in [7, 11) is 1.72. The summed E-state index contributed by atoms with van der Waals surface area (Å²) in [5, 5.41) is 9.77. The van der Waals surface area contributed by atoms with Gasteiger partial charge in [-0.3, -0.25) is 9.79 Å². The molecular weight excluding hydrogens is 326 g/mol. The number of fused-ring (bicyclic) bond motifs is 1. The van der Waals surface area contributed by atoms with Gasteiger partial charge >= 0.3 is 0 Å². The predicted molar refractivity (Wildman–Crippen MR) is 109 cm³/mol. The lowest BCUT2D eigenvalue weighted by atomic mass is 10.1. The van der Waals surface area contributed by atoms with E-state index in [0.717, 1.165) is 33.9 Å². The molecule has 2 aromatic carbocycles. The Labute approximate surface area is 153 Å². The van der Waals surface area contributed by atoms with Gasteiger partial charge in [-0.05, 0) is 36.8 Å². The maximum atomic E-state index is 11.9. The fourth-order valence-corrected chi connectivity index (χ4v) is 2.95. The summed E-state index contributed by atoms with van der Waals surface area (Å²) < 4.78 is 0. The minimum Gasteiger partial charge on any atom is -0.404 e. The summed E-state index contributed by atoms with van der Waals surface area (Å²) in [6.45, 7) is 2.00. The monoisotopic (exact) mass is 349 g/mol. The van der Waals surface area contributed by atoms with Crippen LogP contribution in [-0.2, 0) is 4.79 Å². The Balaban J connectivity index is 1.86. The largest absolute Gasteiger partial charge is 0.404 e. The number of aliphatic imine (C=N–C) groups is 1. The van der Waals surface area contributed by atoms with Gasteiger partial charge < -0.3 is 21.7 Å². The molecule has 1 aliphatic heterocycles. The van der Waals surface area contributed by atoms with Gasteiger partial charge in [0.25, 0.3) is 0 Å². The first-order valence-electron chi connectivity index (χ1n) is 8.51. The quantitative estimate of drug-likeness (QED) is 0.635. The Bertz CT molecular complexity index is 855. The van der Waals surface area contributed by atoms with Crippen LogP contribution in [0.25, 0.3) is 5.57 Å². The Kier molecular flexibility index (Phi) is 5.22. The van der Waals surface area contributed by atoms with E-state index in [9.17, 15) is 4.79 Å². The number of hydrogen-bond acceptors (Lipinski definition) is 5. The van der Waals surface area contributed by atoms with Crippen molar-refractivity contribution in [1.29, 1.82) is 0 Å². The zero-order valence-electron chi connectivity index (χ0n) is 14.9.